The summed E-state index contributed by atoms with van der Waals surface area (Å²) in [7, 11) is 0. The maximum Gasteiger partial charge on any atom is 0.237 e. The summed E-state index contributed by atoms with van der Waals surface area (Å²) in [6.07, 6.45) is 2.49. The summed E-state index contributed by atoms with van der Waals surface area (Å²) in [5.74, 6) is 1.38. The van der Waals surface area contributed by atoms with Gasteiger partial charge in [-0.05, 0) is 51.2 Å². The van der Waals surface area contributed by atoms with Crippen molar-refractivity contribution in [3.63, 3.8) is 0 Å². The Morgan fingerprint density at radius 1 is 1.37 bits per heavy atom. The van der Waals surface area contributed by atoms with E-state index in [1.807, 2.05) is 6.92 Å². The Bertz CT molecular complexity index is 268. The third-order valence-corrected chi connectivity index (χ3v) is 3.85. The second-order valence-electron chi connectivity index (χ2n) is 6.13. The summed E-state index contributed by atoms with van der Waals surface area (Å²) in [5.41, 5.74) is 0. The van der Waals surface area contributed by atoms with Crippen molar-refractivity contribution in [2.75, 3.05) is 32.7 Å². The smallest absolute Gasteiger partial charge is 0.237 e. The molecule has 0 aromatic rings. The van der Waals surface area contributed by atoms with Crippen LogP contribution in [-0.4, -0.2) is 49.6 Å². The molecule has 0 aliphatic carbocycles. The monoisotopic (exact) mass is 269 g/mol. The molecular formula is C15H31N3O. The van der Waals surface area contributed by atoms with Crippen LogP contribution in [0.25, 0.3) is 0 Å². The van der Waals surface area contributed by atoms with Crippen LogP contribution in [0.1, 0.15) is 40.5 Å². The number of likely N-dealkylation sites (tertiary alicyclic amines) is 1. The lowest BCUT2D eigenvalue weighted by atomic mass is 9.96. The number of carbonyl (C=O) groups excluding carboxylic acids is 1. The lowest BCUT2D eigenvalue weighted by Crippen LogP contribution is -2.50. The highest BCUT2D eigenvalue weighted by Gasteiger charge is 2.26. The second kappa shape index (κ2) is 8.54. The van der Waals surface area contributed by atoms with E-state index in [2.05, 4.69) is 36.3 Å². The summed E-state index contributed by atoms with van der Waals surface area (Å²) in [5, 5.41) is 6.46. The average molecular weight is 269 g/mol. The molecule has 2 N–H and O–H groups in total. The fourth-order valence-corrected chi connectivity index (χ4v) is 2.58. The van der Waals surface area contributed by atoms with E-state index in [0.29, 0.717) is 11.8 Å². The molecule has 0 saturated carbocycles. The van der Waals surface area contributed by atoms with Crippen molar-refractivity contribution in [3.8, 4) is 0 Å². The standard InChI is InChI=1S/C15H31N3O/c1-5-16-10-14-7-6-8-18(11-14)13(4)15(19)17-9-12(2)3/h12-14,16H,5-11H2,1-4H3,(H,17,19). The van der Waals surface area contributed by atoms with E-state index < -0.39 is 0 Å². The Morgan fingerprint density at radius 3 is 2.74 bits per heavy atom. The molecule has 19 heavy (non-hydrogen) atoms. The first-order valence-electron chi connectivity index (χ1n) is 7.77. The highest BCUT2D eigenvalue weighted by atomic mass is 16.2. The molecule has 1 amide bonds. The predicted octanol–water partition coefficient (Wildman–Crippen LogP) is 1.47. The van der Waals surface area contributed by atoms with E-state index in [4.69, 9.17) is 0 Å². The Kier molecular flexibility index (Phi) is 7.39. The first-order chi connectivity index (χ1) is 9.04. The summed E-state index contributed by atoms with van der Waals surface area (Å²) < 4.78 is 0. The molecule has 1 aliphatic rings. The lowest BCUT2D eigenvalue weighted by molar-refractivity contribution is -0.126. The fourth-order valence-electron chi connectivity index (χ4n) is 2.58. The fraction of sp³-hybridized carbons (Fsp3) is 0.933. The number of hydrogen-bond donors (Lipinski definition) is 2. The minimum atomic E-state index is 0.00294. The minimum absolute atomic E-state index is 0.00294. The van der Waals surface area contributed by atoms with Crippen LogP contribution < -0.4 is 10.6 Å². The summed E-state index contributed by atoms with van der Waals surface area (Å²) in [6, 6.07) is 0.00294. The van der Waals surface area contributed by atoms with Gasteiger partial charge in [-0.15, -0.1) is 0 Å². The zero-order valence-electron chi connectivity index (χ0n) is 13.0. The van der Waals surface area contributed by atoms with Crippen LogP contribution in [0.3, 0.4) is 0 Å². The van der Waals surface area contributed by atoms with Crippen molar-refractivity contribution in [1.82, 2.24) is 15.5 Å². The van der Waals surface area contributed by atoms with Gasteiger partial charge in [0.2, 0.25) is 5.91 Å². The van der Waals surface area contributed by atoms with Gasteiger partial charge >= 0.3 is 0 Å². The number of hydrogen-bond acceptors (Lipinski definition) is 3. The Morgan fingerprint density at radius 2 is 2.11 bits per heavy atom. The molecule has 0 spiro atoms. The predicted molar refractivity (Wildman–Crippen MR) is 80.2 cm³/mol. The molecule has 2 unspecified atom stereocenters. The van der Waals surface area contributed by atoms with E-state index in [1.54, 1.807) is 0 Å². The second-order valence-corrected chi connectivity index (χ2v) is 6.13. The molecule has 0 aromatic carbocycles. The normalized spacial score (nSPS) is 22.5. The van der Waals surface area contributed by atoms with Crippen LogP contribution in [0.5, 0.6) is 0 Å². The molecule has 0 aromatic heterocycles. The minimum Gasteiger partial charge on any atom is -0.354 e. The van der Waals surface area contributed by atoms with Gasteiger partial charge in [-0.1, -0.05) is 20.8 Å². The van der Waals surface area contributed by atoms with Crippen molar-refractivity contribution < 1.29 is 4.79 Å². The van der Waals surface area contributed by atoms with Crippen molar-refractivity contribution in [2.45, 2.75) is 46.6 Å². The maximum absolute atomic E-state index is 12.1. The van der Waals surface area contributed by atoms with Crippen molar-refractivity contribution in [1.29, 1.82) is 0 Å². The third-order valence-electron chi connectivity index (χ3n) is 3.85. The van der Waals surface area contributed by atoms with Gasteiger partial charge in [0, 0.05) is 13.1 Å². The Balaban J connectivity index is 2.38. The molecule has 1 rings (SSSR count). The van der Waals surface area contributed by atoms with Crippen molar-refractivity contribution in [3.05, 3.63) is 0 Å². The molecule has 4 heteroatoms. The molecule has 2 atom stereocenters. The number of nitrogens with zero attached hydrogens (tertiary/aromatic N) is 1. The van der Waals surface area contributed by atoms with Gasteiger partial charge < -0.3 is 10.6 Å². The largest absolute Gasteiger partial charge is 0.354 e. The molecule has 4 nitrogen and oxygen atoms in total. The van der Waals surface area contributed by atoms with E-state index in [1.165, 1.54) is 12.8 Å². The zero-order valence-corrected chi connectivity index (χ0v) is 13.0. The van der Waals surface area contributed by atoms with Gasteiger partial charge in [0.15, 0.2) is 0 Å². The number of amides is 1. The number of nitrogens with one attached hydrogen (secondary N) is 2. The quantitative estimate of drug-likeness (QED) is 0.735. The van der Waals surface area contributed by atoms with Gasteiger partial charge in [0.25, 0.3) is 0 Å². The molecule has 112 valence electrons. The summed E-state index contributed by atoms with van der Waals surface area (Å²) >= 11 is 0. The molecule has 1 aliphatic heterocycles. The summed E-state index contributed by atoms with van der Waals surface area (Å²) in [4.78, 5) is 14.4. The topological polar surface area (TPSA) is 44.4 Å². The maximum atomic E-state index is 12.1. The Labute approximate surface area is 118 Å². The molecule has 0 bridgehead atoms. The molecule has 1 heterocycles. The van der Waals surface area contributed by atoms with E-state index in [9.17, 15) is 4.79 Å². The van der Waals surface area contributed by atoms with Crippen molar-refractivity contribution in [2.24, 2.45) is 11.8 Å². The van der Waals surface area contributed by atoms with Gasteiger partial charge in [0.1, 0.15) is 0 Å². The van der Waals surface area contributed by atoms with Crippen LogP contribution in [0.2, 0.25) is 0 Å². The highest BCUT2D eigenvalue weighted by Crippen LogP contribution is 2.18. The molecule has 1 fully saturated rings. The first-order valence-corrected chi connectivity index (χ1v) is 7.77. The van der Waals surface area contributed by atoms with Gasteiger partial charge in [-0.3, -0.25) is 9.69 Å². The zero-order chi connectivity index (χ0) is 14.3. The van der Waals surface area contributed by atoms with E-state index in [0.717, 1.165) is 32.7 Å². The first kappa shape index (κ1) is 16.4. The van der Waals surface area contributed by atoms with E-state index in [-0.39, 0.29) is 11.9 Å². The van der Waals surface area contributed by atoms with Gasteiger partial charge in [0.05, 0.1) is 6.04 Å². The van der Waals surface area contributed by atoms with Crippen LogP contribution in [0.4, 0.5) is 0 Å². The SMILES string of the molecule is CCNCC1CCCN(C(C)C(=O)NCC(C)C)C1. The lowest BCUT2D eigenvalue weighted by Gasteiger charge is -2.36. The van der Waals surface area contributed by atoms with Crippen molar-refractivity contribution >= 4 is 5.91 Å². The van der Waals surface area contributed by atoms with Gasteiger partial charge in [-0.25, -0.2) is 0 Å². The number of carbonyl (C=O) groups is 1. The number of rotatable bonds is 7. The average Bonchev–Trinajstić information content (AvgIpc) is 2.41. The molecule has 0 radical (unpaired) electrons. The highest BCUT2D eigenvalue weighted by molar-refractivity contribution is 5.81. The van der Waals surface area contributed by atoms with Crippen LogP contribution in [0.15, 0.2) is 0 Å². The van der Waals surface area contributed by atoms with Crippen LogP contribution >= 0.6 is 0 Å². The number of piperidine rings is 1. The van der Waals surface area contributed by atoms with Gasteiger partial charge in [-0.2, -0.15) is 0 Å². The molecule has 1 saturated heterocycles. The third kappa shape index (κ3) is 5.91. The summed E-state index contributed by atoms with van der Waals surface area (Å²) in [6.45, 7) is 13.4. The van der Waals surface area contributed by atoms with Crippen LogP contribution in [-0.2, 0) is 4.79 Å². The van der Waals surface area contributed by atoms with Crippen LogP contribution in [0, 0.1) is 11.8 Å². The molecular weight excluding hydrogens is 238 g/mol. The van der Waals surface area contributed by atoms with E-state index >= 15 is 0 Å². The Hall–Kier alpha value is -0.610.